The third-order valence-electron chi connectivity index (χ3n) is 1.61. The number of hydrogen-bond acceptors (Lipinski definition) is 4. The van der Waals surface area contributed by atoms with Crippen LogP contribution in [0, 0.1) is 0 Å². The van der Waals surface area contributed by atoms with E-state index in [9.17, 15) is 0 Å². The van der Waals surface area contributed by atoms with E-state index in [1.165, 1.54) is 11.5 Å². The van der Waals surface area contributed by atoms with E-state index in [1.54, 1.807) is 7.11 Å². The first-order valence-corrected chi connectivity index (χ1v) is 6.40. The average molecular weight is 208 g/mol. The molecule has 0 bridgehead atoms. The summed E-state index contributed by atoms with van der Waals surface area (Å²) >= 11 is 3.94. The van der Waals surface area contributed by atoms with Gasteiger partial charge in [-0.05, 0) is 0 Å². The van der Waals surface area contributed by atoms with Gasteiger partial charge in [-0.2, -0.15) is 23.5 Å². The Kier molecular flexibility index (Phi) is 6.30. The van der Waals surface area contributed by atoms with Crippen molar-refractivity contribution in [2.45, 2.75) is 5.25 Å². The highest BCUT2D eigenvalue weighted by molar-refractivity contribution is 8.03. The molecule has 1 atom stereocenters. The molecular formula is C8H16O2S2. The van der Waals surface area contributed by atoms with E-state index >= 15 is 0 Å². The predicted octanol–water partition coefficient (Wildman–Crippen LogP) is 1.50. The number of methoxy groups -OCH3 is 1. The van der Waals surface area contributed by atoms with Gasteiger partial charge in [-0.3, -0.25) is 0 Å². The molecule has 0 radical (unpaired) electrons. The van der Waals surface area contributed by atoms with E-state index in [1.807, 2.05) is 23.5 Å². The molecule has 4 heteroatoms. The first kappa shape index (κ1) is 10.7. The maximum Gasteiger partial charge on any atom is 0.0607 e. The molecule has 1 saturated heterocycles. The molecule has 0 amide bonds. The molecule has 0 spiro atoms. The Morgan fingerprint density at radius 1 is 1.42 bits per heavy atom. The van der Waals surface area contributed by atoms with Crippen LogP contribution in [0.15, 0.2) is 0 Å². The second-order valence-corrected chi connectivity index (χ2v) is 5.27. The van der Waals surface area contributed by atoms with Crippen LogP contribution in [0.5, 0.6) is 0 Å². The highest BCUT2D eigenvalue weighted by Gasteiger charge is 2.10. The lowest BCUT2D eigenvalue weighted by Crippen LogP contribution is -2.18. The minimum atomic E-state index is 0.536. The molecule has 0 aromatic carbocycles. The van der Waals surface area contributed by atoms with E-state index < -0.39 is 0 Å². The molecule has 72 valence electrons. The van der Waals surface area contributed by atoms with Crippen LogP contribution < -0.4 is 0 Å². The summed E-state index contributed by atoms with van der Waals surface area (Å²) in [7, 11) is 1.75. The fourth-order valence-electron chi connectivity index (χ4n) is 1.04. The van der Waals surface area contributed by atoms with Crippen molar-refractivity contribution >= 4 is 23.5 Å². The highest BCUT2D eigenvalue weighted by atomic mass is 32.2. The van der Waals surface area contributed by atoms with Crippen LogP contribution in [0.2, 0.25) is 0 Å². The van der Waals surface area contributed by atoms with Gasteiger partial charge in [0.2, 0.25) is 0 Å². The summed E-state index contributed by atoms with van der Waals surface area (Å²) in [6.07, 6.45) is 0. The Morgan fingerprint density at radius 2 is 2.33 bits per heavy atom. The Morgan fingerprint density at radius 3 is 3.17 bits per heavy atom. The smallest absolute Gasteiger partial charge is 0.0607 e. The summed E-state index contributed by atoms with van der Waals surface area (Å²) in [6, 6.07) is 0. The van der Waals surface area contributed by atoms with Crippen molar-refractivity contribution in [3.05, 3.63) is 0 Å². The van der Waals surface area contributed by atoms with Gasteiger partial charge >= 0.3 is 0 Å². The summed E-state index contributed by atoms with van der Waals surface area (Å²) in [5.41, 5.74) is 0. The zero-order valence-electron chi connectivity index (χ0n) is 7.45. The Labute approximate surface area is 82.8 Å². The molecule has 0 N–H and O–H groups in total. The lowest BCUT2D eigenvalue weighted by Gasteiger charge is -2.13. The number of hydrogen-bond donors (Lipinski definition) is 0. The number of thioether (sulfide) groups is 2. The van der Waals surface area contributed by atoms with Crippen molar-refractivity contribution in [1.29, 1.82) is 0 Å². The van der Waals surface area contributed by atoms with E-state index in [0.29, 0.717) is 5.25 Å². The summed E-state index contributed by atoms with van der Waals surface area (Å²) in [4.78, 5) is 0. The zero-order chi connectivity index (χ0) is 8.65. The van der Waals surface area contributed by atoms with Gasteiger partial charge in [0.05, 0.1) is 25.1 Å². The topological polar surface area (TPSA) is 18.5 Å². The van der Waals surface area contributed by atoms with Crippen molar-refractivity contribution in [1.82, 2.24) is 0 Å². The van der Waals surface area contributed by atoms with Crippen LogP contribution in [-0.4, -0.2) is 49.4 Å². The van der Waals surface area contributed by atoms with E-state index in [2.05, 4.69) is 0 Å². The number of rotatable bonds is 2. The van der Waals surface area contributed by atoms with E-state index in [0.717, 1.165) is 25.6 Å². The standard InChI is InChI=1S/C8H16O2S2/c1-9-6-8-7-10-2-3-11-4-5-12-8/h8H,2-7H2,1H3. The summed E-state index contributed by atoms with van der Waals surface area (Å²) < 4.78 is 10.6. The average Bonchev–Trinajstić information content (AvgIpc) is 2.19. The molecule has 1 aliphatic rings. The van der Waals surface area contributed by atoms with Crippen LogP contribution in [0.1, 0.15) is 0 Å². The Balaban J connectivity index is 2.19. The van der Waals surface area contributed by atoms with Gasteiger partial charge in [0.15, 0.2) is 0 Å². The van der Waals surface area contributed by atoms with Gasteiger partial charge in [0.1, 0.15) is 0 Å². The molecule has 2 nitrogen and oxygen atoms in total. The lowest BCUT2D eigenvalue weighted by atomic mass is 10.5. The zero-order valence-corrected chi connectivity index (χ0v) is 9.09. The molecule has 0 saturated carbocycles. The molecule has 0 aliphatic carbocycles. The van der Waals surface area contributed by atoms with Crippen LogP contribution in [-0.2, 0) is 9.47 Å². The van der Waals surface area contributed by atoms with Gasteiger partial charge in [0, 0.05) is 24.4 Å². The third-order valence-corrected chi connectivity index (χ3v) is 4.00. The van der Waals surface area contributed by atoms with Crippen LogP contribution in [0.4, 0.5) is 0 Å². The van der Waals surface area contributed by atoms with Gasteiger partial charge in [0.25, 0.3) is 0 Å². The third kappa shape index (κ3) is 4.60. The minimum Gasteiger partial charge on any atom is -0.383 e. The monoisotopic (exact) mass is 208 g/mol. The summed E-state index contributed by atoms with van der Waals surface area (Å²) in [5.74, 6) is 3.61. The Bertz CT molecular complexity index is 101. The van der Waals surface area contributed by atoms with Gasteiger partial charge < -0.3 is 9.47 Å². The second-order valence-electron chi connectivity index (χ2n) is 2.64. The van der Waals surface area contributed by atoms with Crippen molar-refractivity contribution in [3.8, 4) is 0 Å². The van der Waals surface area contributed by atoms with E-state index in [4.69, 9.17) is 9.47 Å². The highest BCUT2D eigenvalue weighted by Crippen LogP contribution is 2.16. The minimum absolute atomic E-state index is 0.536. The maximum atomic E-state index is 5.50. The molecule has 0 aromatic rings. The van der Waals surface area contributed by atoms with Crippen molar-refractivity contribution in [2.75, 3.05) is 44.2 Å². The molecule has 1 heterocycles. The molecule has 1 aliphatic heterocycles. The summed E-state index contributed by atoms with van der Waals surface area (Å²) in [6.45, 7) is 2.56. The molecular weight excluding hydrogens is 192 g/mol. The number of ether oxygens (including phenoxy) is 2. The quantitative estimate of drug-likeness (QED) is 0.684. The molecule has 1 rings (SSSR count). The van der Waals surface area contributed by atoms with Gasteiger partial charge in [-0.1, -0.05) is 0 Å². The van der Waals surface area contributed by atoms with Crippen molar-refractivity contribution in [3.63, 3.8) is 0 Å². The molecule has 1 unspecified atom stereocenters. The molecule has 12 heavy (non-hydrogen) atoms. The van der Waals surface area contributed by atoms with Crippen LogP contribution in [0.3, 0.4) is 0 Å². The largest absolute Gasteiger partial charge is 0.383 e. The second kappa shape index (κ2) is 7.06. The molecule has 0 aromatic heterocycles. The summed E-state index contributed by atoms with van der Waals surface area (Å²) in [5, 5.41) is 0.536. The van der Waals surface area contributed by atoms with E-state index in [-0.39, 0.29) is 0 Å². The van der Waals surface area contributed by atoms with Crippen LogP contribution in [0.25, 0.3) is 0 Å². The van der Waals surface area contributed by atoms with Crippen LogP contribution >= 0.6 is 23.5 Å². The van der Waals surface area contributed by atoms with Crippen molar-refractivity contribution < 1.29 is 9.47 Å². The normalized spacial score (nSPS) is 27.2. The van der Waals surface area contributed by atoms with Gasteiger partial charge in [-0.15, -0.1) is 0 Å². The SMILES string of the molecule is COCC1COCCSCCS1. The Hall–Kier alpha value is 0.620. The molecule has 1 fully saturated rings. The maximum absolute atomic E-state index is 5.50. The fraction of sp³-hybridized carbons (Fsp3) is 1.00. The lowest BCUT2D eigenvalue weighted by molar-refractivity contribution is 0.118. The predicted molar refractivity (Wildman–Crippen MR) is 56.3 cm³/mol. The van der Waals surface area contributed by atoms with Crippen molar-refractivity contribution in [2.24, 2.45) is 0 Å². The fourth-order valence-corrected chi connectivity index (χ4v) is 3.09. The first-order chi connectivity index (χ1) is 5.93. The van der Waals surface area contributed by atoms with Gasteiger partial charge in [-0.25, -0.2) is 0 Å². The first-order valence-electron chi connectivity index (χ1n) is 4.19.